The predicted octanol–water partition coefficient (Wildman–Crippen LogP) is 8.83. The Bertz CT molecular complexity index is 2540. The number of pyridine rings is 1. The Kier molecular flexibility index (Phi) is 10.7. The normalized spacial score (nSPS) is 11.4. The van der Waals surface area contributed by atoms with Crippen LogP contribution in [0.4, 0.5) is 0 Å². The first kappa shape index (κ1) is 37.7. The number of benzene rings is 5. The van der Waals surface area contributed by atoms with Gasteiger partial charge in [0.15, 0.2) is 17.2 Å². The summed E-state index contributed by atoms with van der Waals surface area (Å²) in [6, 6.07) is 51.2. The van der Waals surface area contributed by atoms with Crippen molar-refractivity contribution in [1.29, 1.82) is 0 Å². The van der Waals surface area contributed by atoms with E-state index in [1.807, 2.05) is 65.5 Å². The van der Waals surface area contributed by atoms with E-state index >= 15 is 0 Å². The number of rotatable bonds is 13. The van der Waals surface area contributed by atoms with E-state index in [4.69, 9.17) is 14.9 Å². The fourth-order valence-electron chi connectivity index (χ4n) is 7.70. The number of aromatic nitrogens is 7. The van der Waals surface area contributed by atoms with Crippen LogP contribution in [0.15, 0.2) is 158 Å². The molecule has 288 valence electrons. The molecule has 0 unspecified atom stereocenters. The zero-order valence-electron chi connectivity index (χ0n) is 32.7. The molecular weight excluding hydrogens is 723 g/mol. The van der Waals surface area contributed by atoms with Gasteiger partial charge in [-0.2, -0.15) is 4.73 Å². The van der Waals surface area contributed by atoms with Gasteiger partial charge in [-0.05, 0) is 56.3 Å². The Morgan fingerprint density at radius 1 is 0.741 bits per heavy atom. The molecule has 0 atom stereocenters. The number of aryl methyl sites for hydroxylation is 2. The highest BCUT2D eigenvalue weighted by Gasteiger charge is 2.41. The highest BCUT2D eigenvalue weighted by molar-refractivity contribution is 5.94. The molecule has 0 amide bonds. The van der Waals surface area contributed by atoms with Gasteiger partial charge < -0.3 is 14.5 Å². The zero-order chi connectivity index (χ0) is 40.1. The number of carbonyl (C=O) groups excluding carboxylic acids is 1. The van der Waals surface area contributed by atoms with Crippen molar-refractivity contribution in [3.63, 3.8) is 0 Å². The first-order chi connectivity index (χ1) is 28.4. The number of esters is 1. The molecular formula is C48H43N7O3. The molecule has 8 aromatic rings. The van der Waals surface area contributed by atoms with E-state index in [9.17, 15) is 10.0 Å². The van der Waals surface area contributed by atoms with Crippen molar-refractivity contribution in [2.75, 3.05) is 7.11 Å². The second-order valence-corrected chi connectivity index (χ2v) is 14.3. The molecule has 3 aromatic heterocycles. The lowest BCUT2D eigenvalue weighted by Crippen LogP contribution is -2.39. The lowest BCUT2D eigenvalue weighted by atomic mass is 9.77. The van der Waals surface area contributed by atoms with E-state index in [2.05, 4.69) is 107 Å². The standard InChI is InChI=1S/C48H43N7O3/c1-4-5-21-44-49-43(45-42(47(56)58-3)31-22-34(2)54(45)57)33-53(44)32-35-23-25-36(26-24-35)37-27-29-38(30-28-37)46-50-51-52-55(46)48(39-15-9-6-10-16-39,40-17-11-7-12-18-40)41-19-13-8-14-20-41/h6-20,22-31,33H,4-5,21,32H2,1-3H3. The topological polar surface area (TPSA) is 115 Å². The number of hydrogen-bond donors (Lipinski definition) is 0. The molecule has 0 radical (unpaired) electrons. The van der Waals surface area contributed by atoms with Crippen molar-refractivity contribution in [3.05, 3.63) is 202 Å². The minimum Gasteiger partial charge on any atom is -0.618 e. The molecule has 0 aliphatic rings. The molecule has 10 heteroatoms. The third kappa shape index (κ3) is 7.05. The molecule has 10 nitrogen and oxygen atoms in total. The van der Waals surface area contributed by atoms with Crippen LogP contribution >= 0.6 is 0 Å². The van der Waals surface area contributed by atoms with Crippen LogP contribution < -0.4 is 4.73 Å². The summed E-state index contributed by atoms with van der Waals surface area (Å²) in [4.78, 5) is 17.5. The van der Waals surface area contributed by atoms with Gasteiger partial charge in [0.25, 0.3) is 5.69 Å². The Hall–Kier alpha value is -7.20. The average Bonchev–Trinajstić information content (AvgIpc) is 3.93. The van der Waals surface area contributed by atoms with Crippen LogP contribution in [0.3, 0.4) is 0 Å². The minimum absolute atomic E-state index is 0.185. The predicted molar refractivity (Wildman–Crippen MR) is 224 cm³/mol. The molecule has 0 N–H and O–H groups in total. The molecule has 3 heterocycles. The second kappa shape index (κ2) is 16.5. The van der Waals surface area contributed by atoms with Gasteiger partial charge >= 0.3 is 5.97 Å². The van der Waals surface area contributed by atoms with Gasteiger partial charge in [-0.25, -0.2) is 14.5 Å². The third-order valence-electron chi connectivity index (χ3n) is 10.7. The number of methoxy groups -OCH3 is 1. The van der Waals surface area contributed by atoms with Crippen LogP contribution in [0.25, 0.3) is 33.9 Å². The number of unbranched alkanes of at least 4 members (excludes halogenated alkanes) is 1. The quantitative estimate of drug-likeness (QED) is 0.0499. The van der Waals surface area contributed by atoms with Crippen LogP contribution in [-0.2, 0) is 23.2 Å². The summed E-state index contributed by atoms with van der Waals surface area (Å²) in [5.74, 6) is 0.919. The van der Waals surface area contributed by atoms with E-state index in [0.717, 1.165) is 68.8 Å². The number of ether oxygens (including phenoxy) is 1. The first-order valence-corrected chi connectivity index (χ1v) is 19.5. The van der Waals surface area contributed by atoms with Crippen LogP contribution in [0.2, 0.25) is 0 Å². The Balaban J connectivity index is 1.10. The van der Waals surface area contributed by atoms with Gasteiger partial charge in [-0.15, -0.1) is 5.10 Å². The second-order valence-electron chi connectivity index (χ2n) is 14.3. The molecule has 0 aliphatic carbocycles. The van der Waals surface area contributed by atoms with Crippen LogP contribution in [0.1, 0.15) is 63.9 Å². The van der Waals surface area contributed by atoms with Crippen LogP contribution in [0.5, 0.6) is 0 Å². The molecule has 8 rings (SSSR count). The van der Waals surface area contributed by atoms with Crippen molar-refractivity contribution in [2.24, 2.45) is 0 Å². The fourth-order valence-corrected chi connectivity index (χ4v) is 7.70. The van der Waals surface area contributed by atoms with E-state index in [1.54, 1.807) is 19.1 Å². The molecule has 0 fully saturated rings. The van der Waals surface area contributed by atoms with Crippen LogP contribution in [-0.4, -0.2) is 42.8 Å². The van der Waals surface area contributed by atoms with Crippen LogP contribution in [0, 0.1) is 12.1 Å². The summed E-state index contributed by atoms with van der Waals surface area (Å²) in [5.41, 5.74) is 7.65. The molecule has 5 aromatic carbocycles. The maximum Gasteiger partial charge on any atom is 0.344 e. The molecule has 58 heavy (non-hydrogen) atoms. The SMILES string of the molecule is CCCCc1nc(-c2c(C(=O)OC)ccc(C)[n+]2[O-])cn1Cc1ccc(-c2ccc(-c3nnnn3C(c3ccccc3)(c3ccccc3)c3ccccc3)cc2)cc1. The summed E-state index contributed by atoms with van der Waals surface area (Å²) in [6.45, 7) is 4.40. The summed E-state index contributed by atoms with van der Waals surface area (Å²) < 4.78 is 9.77. The number of nitrogens with zero attached hydrogens (tertiary/aromatic N) is 7. The van der Waals surface area contributed by atoms with E-state index < -0.39 is 11.5 Å². The zero-order valence-corrected chi connectivity index (χ0v) is 32.7. The van der Waals surface area contributed by atoms with Gasteiger partial charge in [0.05, 0.1) is 7.11 Å². The van der Waals surface area contributed by atoms with Gasteiger partial charge in [0, 0.05) is 37.7 Å². The smallest absolute Gasteiger partial charge is 0.344 e. The summed E-state index contributed by atoms with van der Waals surface area (Å²) in [6.07, 6.45) is 4.55. The van der Waals surface area contributed by atoms with Crippen molar-refractivity contribution in [2.45, 2.75) is 45.2 Å². The van der Waals surface area contributed by atoms with E-state index in [-0.39, 0.29) is 11.3 Å². The highest BCUT2D eigenvalue weighted by atomic mass is 16.5. The average molecular weight is 766 g/mol. The highest BCUT2D eigenvalue weighted by Crippen LogP contribution is 2.42. The molecule has 0 bridgehead atoms. The van der Waals surface area contributed by atoms with Gasteiger partial charge in [0.2, 0.25) is 0 Å². The number of tetrazole rings is 1. The lowest BCUT2D eigenvalue weighted by molar-refractivity contribution is -0.601. The number of hydrogen-bond acceptors (Lipinski definition) is 7. The molecule has 0 saturated heterocycles. The first-order valence-electron chi connectivity index (χ1n) is 19.5. The van der Waals surface area contributed by atoms with Crippen molar-refractivity contribution < 1.29 is 14.3 Å². The Labute approximate surface area is 337 Å². The largest absolute Gasteiger partial charge is 0.618 e. The van der Waals surface area contributed by atoms with Crippen molar-refractivity contribution >= 4 is 5.97 Å². The van der Waals surface area contributed by atoms with Crippen molar-refractivity contribution in [3.8, 4) is 33.9 Å². The fraction of sp³-hybridized carbons (Fsp3) is 0.167. The Morgan fingerprint density at radius 3 is 1.84 bits per heavy atom. The molecule has 0 spiro atoms. The minimum atomic E-state index is -0.844. The van der Waals surface area contributed by atoms with Gasteiger partial charge in [-0.1, -0.05) is 153 Å². The molecule has 0 saturated carbocycles. The van der Waals surface area contributed by atoms with Crippen molar-refractivity contribution in [1.82, 2.24) is 29.8 Å². The van der Waals surface area contributed by atoms with Gasteiger partial charge in [-0.3, -0.25) is 0 Å². The Morgan fingerprint density at radius 2 is 1.29 bits per heavy atom. The van der Waals surface area contributed by atoms with E-state index in [1.165, 1.54) is 7.11 Å². The van der Waals surface area contributed by atoms with Gasteiger partial charge in [0.1, 0.15) is 16.9 Å². The summed E-state index contributed by atoms with van der Waals surface area (Å²) >= 11 is 0. The lowest BCUT2D eigenvalue weighted by Gasteiger charge is -2.36. The number of imidazole rings is 1. The maximum atomic E-state index is 13.2. The molecule has 0 aliphatic heterocycles. The third-order valence-corrected chi connectivity index (χ3v) is 10.7. The summed E-state index contributed by atoms with van der Waals surface area (Å²) in [5, 5.41) is 26.8. The maximum absolute atomic E-state index is 13.2. The summed E-state index contributed by atoms with van der Waals surface area (Å²) in [7, 11) is 1.31. The van der Waals surface area contributed by atoms with E-state index in [0.29, 0.717) is 23.8 Å². The number of carbonyl (C=O) groups is 1. The monoisotopic (exact) mass is 765 g/mol.